The van der Waals surface area contributed by atoms with E-state index in [0.717, 1.165) is 33.9 Å². The number of hydrogen-bond acceptors (Lipinski definition) is 4. The molecule has 1 aromatic heterocycles. The number of hydrazone groups is 1. The van der Waals surface area contributed by atoms with E-state index in [-0.39, 0.29) is 5.56 Å². The number of para-hydroxylation sites is 2. The number of halogens is 3. The summed E-state index contributed by atoms with van der Waals surface area (Å²) < 4.78 is 38.3. The van der Waals surface area contributed by atoms with Crippen molar-refractivity contribution < 1.29 is 18.0 Å². The van der Waals surface area contributed by atoms with E-state index in [1.807, 2.05) is 36.4 Å². The van der Waals surface area contributed by atoms with Crippen LogP contribution in [0.4, 0.5) is 13.2 Å². The molecule has 1 amide bonds. The van der Waals surface area contributed by atoms with Crippen LogP contribution in [0.15, 0.2) is 83.1 Å². The van der Waals surface area contributed by atoms with Gasteiger partial charge in [0.05, 0.1) is 22.8 Å². The first-order chi connectivity index (χ1) is 15.4. The summed E-state index contributed by atoms with van der Waals surface area (Å²) in [5, 5.41) is 4.57. The standard InChI is InChI=1S/C23H17F3N4OS/c24-23(25,26)18-5-3-4-16(12-18)13-27-30-21(31)17-10-8-15(9-11-17)14-32-22-28-19-6-1-2-7-20(19)29-22/h1-13H,14H2,(H,28,29)(H,30,31). The second-order valence-corrected chi connectivity index (χ2v) is 7.83. The molecule has 1 heterocycles. The fourth-order valence-corrected chi connectivity index (χ4v) is 3.77. The lowest BCUT2D eigenvalue weighted by Gasteiger charge is -2.06. The molecule has 0 radical (unpaired) electrons. The number of thioether (sulfide) groups is 1. The summed E-state index contributed by atoms with van der Waals surface area (Å²) in [6.45, 7) is 0. The minimum absolute atomic E-state index is 0.234. The summed E-state index contributed by atoms with van der Waals surface area (Å²) in [7, 11) is 0. The fraction of sp³-hybridized carbons (Fsp3) is 0.0870. The smallest absolute Gasteiger partial charge is 0.333 e. The largest absolute Gasteiger partial charge is 0.416 e. The Balaban J connectivity index is 1.32. The van der Waals surface area contributed by atoms with E-state index < -0.39 is 17.6 Å². The Morgan fingerprint density at radius 2 is 1.84 bits per heavy atom. The maximum absolute atomic E-state index is 12.8. The first-order valence-corrected chi connectivity index (χ1v) is 10.5. The minimum Gasteiger partial charge on any atom is -0.333 e. The van der Waals surface area contributed by atoms with Gasteiger partial charge in [-0.1, -0.05) is 48.2 Å². The number of fused-ring (bicyclic) bond motifs is 1. The molecule has 0 fully saturated rings. The van der Waals surface area contributed by atoms with Crippen molar-refractivity contribution in [3.63, 3.8) is 0 Å². The summed E-state index contributed by atoms with van der Waals surface area (Å²) in [5.41, 5.74) is 5.08. The van der Waals surface area contributed by atoms with Crippen LogP contribution in [-0.2, 0) is 11.9 Å². The minimum atomic E-state index is -4.43. The van der Waals surface area contributed by atoms with Crippen LogP contribution in [0.3, 0.4) is 0 Å². The Morgan fingerprint density at radius 1 is 1.06 bits per heavy atom. The second kappa shape index (κ2) is 9.27. The number of aromatic amines is 1. The molecule has 32 heavy (non-hydrogen) atoms. The Labute approximate surface area is 185 Å². The number of benzene rings is 3. The van der Waals surface area contributed by atoms with Gasteiger partial charge in [0.1, 0.15) is 0 Å². The van der Waals surface area contributed by atoms with Crippen LogP contribution in [0.25, 0.3) is 11.0 Å². The fourth-order valence-electron chi connectivity index (χ4n) is 2.93. The number of alkyl halides is 3. The van der Waals surface area contributed by atoms with Crippen LogP contribution in [-0.4, -0.2) is 22.1 Å². The van der Waals surface area contributed by atoms with Crippen molar-refractivity contribution in [3.05, 3.63) is 95.1 Å². The number of carbonyl (C=O) groups is 1. The van der Waals surface area contributed by atoms with Crippen LogP contribution in [0.1, 0.15) is 27.0 Å². The molecule has 2 N–H and O–H groups in total. The molecule has 9 heteroatoms. The molecule has 162 valence electrons. The van der Waals surface area contributed by atoms with E-state index in [4.69, 9.17) is 0 Å². The lowest BCUT2D eigenvalue weighted by Crippen LogP contribution is -2.17. The summed E-state index contributed by atoms with van der Waals surface area (Å²) in [6.07, 6.45) is -3.26. The van der Waals surface area contributed by atoms with E-state index in [2.05, 4.69) is 20.5 Å². The molecule has 0 saturated carbocycles. The monoisotopic (exact) mass is 454 g/mol. The normalized spacial score (nSPS) is 11.8. The van der Waals surface area contributed by atoms with Crippen LogP contribution < -0.4 is 5.43 Å². The van der Waals surface area contributed by atoms with E-state index in [9.17, 15) is 18.0 Å². The highest BCUT2D eigenvalue weighted by molar-refractivity contribution is 7.98. The third kappa shape index (κ3) is 5.36. The zero-order valence-corrected chi connectivity index (χ0v) is 17.4. The maximum atomic E-state index is 12.8. The molecule has 0 aliphatic heterocycles. The van der Waals surface area contributed by atoms with Gasteiger partial charge in [0.25, 0.3) is 5.91 Å². The van der Waals surface area contributed by atoms with E-state index in [0.29, 0.717) is 11.3 Å². The predicted molar refractivity (Wildman–Crippen MR) is 119 cm³/mol. The zero-order chi connectivity index (χ0) is 22.6. The summed E-state index contributed by atoms with van der Waals surface area (Å²) in [4.78, 5) is 20.0. The summed E-state index contributed by atoms with van der Waals surface area (Å²) in [5.74, 6) is 0.222. The molecule has 5 nitrogen and oxygen atoms in total. The molecule has 0 aliphatic rings. The molecule has 0 saturated heterocycles. The van der Waals surface area contributed by atoms with Crippen molar-refractivity contribution >= 4 is 34.9 Å². The number of aromatic nitrogens is 2. The number of nitrogens with zero attached hydrogens (tertiary/aromatic N) is 2. The average molecular weight is 454 g/mol. The number of carbonyl (C=O) groups excluding carboxylic acids is 1. The predicted octanol–water partition coefficient (Wildman–Crippen LogP) is 5.64. The maximum Gasteiger partial charge on any atom is 0.416 e. The second-order valence-electron chi connectivity index (χ2n) is 6.87. The molecule has 0 bridgehead atoms. The Bertz CT molecular complexity index is 1230. The Kier molecular flexibility index (Phi) is 6.27. The molecule has 0 spiro atoms. The lowest BCUT2D eigenvalue weighted by atomic mass is 10.1. The van der Waals surface area contributed by atoms with E-state index in [1.54, 1.807) is 23.9 Å². The van der Waals surface area contributed by atoms with Gasteiger partial charge in [0, 0.05) is 11.3 Å². The Hall–Kier alpha value is -3.59. The van der Waals surface area contributed by atoms with Crippen LogP contribution in [0, 0.1) is 0 Å². The van der Waals surface area contributed by atoms with Crippen molar-refractivity contribution in [1.29, 1.82) is 0 Å². The highest BCUT2D eigenvalue weighted by Crippen LogP contribution is 2.29. The van der Waals surface area contributed by atoms with Crippen molar-refractivity contribution in [2.45, 2.75) is 17.1 Å². The number of imidazole rings is 1. The first-order valence-electron chi connectivity index (χ1n) is 9.56. The van der Waals surface area contributed by atoms with Crippen LogP contribution >= 0.6 is 11.8 Å². The summed E-state index contributed by atoms with van der Waals surface area (Å²) in [6, 6.07) is 19.5. The highest BCUT2D eigenvalue weighted by Gasteiger charge is 2.30. The molecule has 0 atom stereocenters. The van der Waals surface area contributed by atoms with Crippen molar-refractivity contribution in [2.24, 2.45) is 5.10 Å². The van der Waals surface area contributed by atoms with Gasteiger partial charge >= 0.3 is 6.18 Å². The van der Waals surface area contributed by atoms with Gasteiger partial charge in [-0.3, -0.25) is 4.79 Å². The highest BCUT2D eigenvalue weighted by atomic mass is 32.2. The first kappa shape index (κ1) is 21.6. The molecule has 0 aliphatic carbocycles. The molecular weight excluding hydrogens is 437 g/mol. The van der Waals surface area contributed by atoms with Gasteiger partial charge < -0.3 is 4.98 Å². The zero-order valence-electron chi connectivity index (χ0n) is 16.6. The van der Waals surface area contributed by atoms with Gasteiger partial charge in [-0.25, -0.2) is 10.4 Å². The van der Waals surface area contributed by atoms with E-state index >= 15 is 0 Å². The van der Waals surface area contributed by atoms with Gasteiger partial charge in [0.2, 0.25) is 0 Å². The number of nitrogens with one attached hydrogen (secondary N) is 2. The molecule has 3 aromatic carbocycles. The number of amides is 1. The average Bonchev–Trinajstić information content (AvgIpc) is 3.21. The van der Waals surface area contributed by atoms with Crippen molar-refractivity contribution in [1.82, 2.24) is 15.4 Å². The SMILES string of the molecule is O=C(NN=Cc1cccc(C(F)(F)F)c1)c1ccc(CSc2nc3ccccc3[nH]2)cc1. The lowest BCUT2D eigenvalue weighted by molar-refractivity contribution is -0.137. The van der Waals surface area contributed by atoms with Crippen molar-refractivity contribution in [2.75, 3.05) is 0 Å². The van der Waals surface area contributed by atoms with Gasteiger partial charge in [0.15, 0.2) is 5.16 Å². The van der Waals surface area contributed by atoms with Crippen LogP contribution in [0.2, 0.25) is 0 Å². The number of hydrogen-bond donors (Lipinski definition) is 2. The van der Waals surface area contributed by atoms with Crippen LogP contribution in [0.5, 0.6) is 0 Å². The van der Waals surface area contributed by atoms with Gasteiger partial charge in [-0.15, -0.1) is 0 Å². The topological polar surface area (TPSA) is 70.1 Å². The van der Waals surface area contributed by atoms with Gasteiger partial charge in [-0.2, -0.15) is 18.3 Å². The van der Waals surface area contributed by atoms with Gasteiger partial charge in [-0.05, 0) is 47.5 Å². The molecule has 4 aromatic rings. The van der Waals surface area contributed by atoms with Crippen molar-refractivity contribution in [3.8, 4) is 0 Å². The third-order valence-electron chi connectivity index (χ3n) is 4.55. The molecule has 0 unspecified atom stereocenters. The quantitative estimate of drug-likeness (QED) is 0.225. The number of rotatable bonds is 6. The Morgan fingerprint density at radius 3 is 2.59 bits per heavy atom. The number of H-pyrrole nitrogens is 1. The third-order valence-corrected chi connectivity index (χ3v) is 5.50. The molecular formula is C23H17F3N4OS. The molecule has 4 rings (SSSR count). The summed E-state index contributed by atoms with van der Waals surface area (Å²) >= 11 is 1.56. The van der Waals surface area contributed by atoms with E-state index in [1.165, 1.54) is 18.3 Å².